The lowest BCUT2D eigenvalue weighted by Gasteiger charge is -2.29. The molecule has 0 N–H and O–H groups in total. The van der Waals surface area contributed by atoms with Gasteiger partial charge < -0.3 is 0 Å². The second-order valence-corrected chi connectivity index (χ2v) is 8.97. The summed E-state index contributed by atoms with van der Waals surface area (Å²) in [5, 5.41) is 0. The highest BCUT2D eigenvalue weighted by Gasteiger charge is 2.27. The van der Waals surface area contributed by atoms with Crippen molar-refractivity contribution in [1.82, 2.24) is 0 Å². The maximum absolute atomic E-state index is 15.1. The Labute approximate surface area is 178 Å². The van der Waals surface area contributed by atoms with Crippen LogP contribution in [0.2, 0.25) is 0 Å². The van der Waals surface area contributed by atoms with Crippen LogP contribution in [0.3, 0.4) is 0 Å². The minimum Gasteiger partial charge on any atom is -0.206 e. The van der Waals surface area contributed by atoms with Crippen molar-refractivity contribution in [2.75, 3.05) is 0 Å². The van der Waals surface area contributed by atoms with E-state index in [4.69, 9.17) is 0 Å². The highest BCUT2D eigenvalue weighted by atomic mass is 19.2. The van der Waals surface area contributed by atoms with E-state index in [0.29, 0.717) is 41.5 Å². The first kappa shape index (κ1) is 21.2. The number of fused-ring (bicyclic) bond motifs is 1. The molecule has 0 aliphatic heterocycles. The van der Waals surface area contributed by atoms with Crippen molar-refractivity contribution in [2.45, 2.75) is 77.6 Å². The fourth-order valence-corrected chi connectivity index (χ4v) is 5.38. The Balaban J connectivity index is 1.59. The normalized spacial score (nSPS) is 21.3. The summed E-state index contributed by atoms with van der Waals surface area (Å²) in [4.78, 5) is 0. The lowest BCUT2D eigenvalue weighted by Crippen LogP contribution is -2.15. The van der Waals surface area contributed by atoms with E-state index in [1.54, 1.807) is 18.2 Å². The summed E-state index contributed by atoms with van der Waals surface area (Å²) < 4.78 is 44.7. The Morgan fingerprint density at radius 1 is 0.833 bits per heavy atom. The van der Waals surface area contributed by atoms with Gasteiger partial charge in [0, 0.05) is 5.56 Å². The van der Waals surface area contributed by atoms with Crippen LogP contribution in [-0.2, 0) is 12.8 Å². The van der Waals surface area contributed by atoms with Crippen molar-refractivity contribution in [3.05, 3.63) is 69.5 Å². The molecule has 0 bridgehead atoms. The van der Waals surface area contributed by atoms with E-state index in [-0.39, 0.29) is 11.7 Å². The van der Waals surface area contributed by atoms with E-state index in [1.807, 2.05) is 19.1 Å². The molecule has 2 aliphatic carbocycles. The van der Waals surface area contributed by atoms with Gasteiger partial charge in [-0.15, -0.1) is 0 Å². The molecule has 1 fully saturated rings. The molecule has 0 amide bonds. The molecular formula is C27H31F3. The molecule has 4 rings (SSSR count). The molecule has 3 heteroatoms. The molecule has 1 saturated carbocycles. The van der Waals surface area contributed by atoms with E-state index in [1.165, 1.54) is 12.8 Å². The minimum absolute atomic E-state index is 0.115. The maximum Gasteiger partial charge on any atom is 0.166 e. The van der Waals surface area contributed by atoms with Gasteiger partial charge >= 0.3 is 0 Å². The van der Waals surface area contributed by atoms with Crippen molar-refractivity contribution in [2.24, 2.45) is 5.92 Å². The third-order valence-corrected chi connectivity index (χ3v) is 7.16. The molecule has 0 aromatic heterocycles. The first-order valence-electron chi connectivity index (χ1n) is 11.5. The molecule has 2 aromatic carbocycles. The molecule has 0 heterocycles. The van der Waals surface area contributed by atoms with E-state index in [9.17, 15) is 4.39 Å². The van der Waals surface area contributed by atoms with Gasteiger partial charge in [0.15, 0.2) is 11.6 Å². The standard InChI is InChI=1S/C27H31F3/c1-3-5-17-6-8-19(9-7-17)22-14-15-24(27(30)26(22)29)21-12-13-23-20(16-21)11-10-18(4-2)25(23)28/h10-11,14-17,19H,3-9,12-13H2,1-2H3. The molecule has 2 aromatic rings. The van der Waals surface area contributed by atoms with Crippen LogP contribution in [0.4, 0.5) is 13.2 Å². The molecule has 30 heavy (non-hydrogen) atoms. The van der Waals surface area contributed by atoms with Gasteiger partial charge in [-0.3, -0.25) is 0 Å². The Morgan fingerprint density at radius 3 is 2.30 bits per heavy atom. The molecule has 160 valence electrons. The number of hydrogen-bond donors (Lipinski definition) is 0. The van der Waals surface area contributed by atoms with E-state index < -0.39 is 11.6 Å². The largest absolute Gasteiger partial charge is 0.206 e. The SMILES string of the molecule is CCCC1CCC(c2ccc(C3=Cc4ccc(CC)c(F)c4CC3)c(F)c2F)CC1. The molecule has 0 radical (unpaired) electrons. The smallest absolute Gasteiger partial charge is 0.166 e. The zero-order valence-electron chi connectivity index (χ0n) is 18.0. The molecule has 2 aliphatic rings. The second-order valence-electron chi connectivity index (χ2n) is 8.97. The molecule has 0 atom stereocenters. The number of rotatable bonds is 5. The number of benzene rings is 2. The fraction of sp³-hybridized carbons (Fsp3) is 0.481. The molecule has 0 nitrogen and oxygen atoms in total. The molecule has 0 unspecified atom stereocenters. The van der Waals surface area contributed by atoms with Gasteiger partial charge in [-0.1, -0.05) is 57.0 Å². The van der Waals surface area contributed by atoms with Crippen LogP contribution >= 0.6 is 0 Å². The minimum atomic E-state index is -0.747. The van der Waals surface area contributed by atoms with Crippen LogP contribution in [0.15, 0.2) is 24.3 Å². The summed E-state index contributed by atoms with van der Waals surface area (Å²) in [5.41, 5.74) is 3.79. The van der Waals surface area contributed by atoms with Crippen LogP contribution in [-0.4, -0.2) is 0 Å². The Morgan fingerprint density at radius 2 is 1.60 bits per heavy atom. The third kappa shape index (κ3) is 3.96. The summed E-state index contributed by atoms with van der Waals surface area (Å²) in [5.74, 6) is -0.732. The number of allylic oxidation sites excluding steroid dienone is 1. The number of aryl methyl sites for hydroxylation is 1. The first-order chi connectivity index (χ1) is 14.5. The lowest BCUT2D eigenvalue weighted by molar-refractivity contribution is 0.303. The van der Waals surface area contributed by atoms with E-state index in [2.05, 4.69) is 6.92 Å². The summed E-state index contributed by atoms with van der Waals surface area (Å²) in [6.45, 7) is 4.14. The summed E-state index contributed by atoms with van der Waals surface area (Å²) >= 11 is 0. The molecule has 0 spiro atoms. The van der Waals surface area contributed by atoms with Gasteiger partial charge in [0.05, 0.1) is 0 Å². The van der Waals surface area contributed by atoms with Crippen molar-refractivity contribution in [3.63, 3.8) is 0 Å². The first-order valence-corrected chi connectivity index (χ1v) is 11.5. The summed E-state index contributed by atoms with van der Waals surface area (Å²) in [6.07, 6.45) is 10.0. The van der Waals surface area contributed by atoms with Crippen molar-refractivity contribution < 1.29 is 13.2 Å². The highest BCUT2D eigenvalue weighted by Crippen LogP contribution is 2.41. The predicted octanol–water partition coefficient (Wildman–Crippen LogP) is 8.23. The zero-order chi connectivity index (χ0) is 21.3. The van der Waals surface area contributed by atoms with Gasteiger partial charge in [-0.2, -0.15) is 0 Å². The quantitative estimate of drug-likeness (QED) is 0.464. The van der Waals surface area contributed by atoms with Crippen LogP contribution in [0.5, 0.6) is 0 Å². The monoisotopic (exact) mass is 412 g/mol. The third-order valence-electron chi connectivity index (χ3n) is 7.16. The zero-order valence-corrected chi connectivity index (χ0v) is 18.0. The number of hydrogen-bond acceptors (Lipinski definition) is 0. The van der Waals surface area contributed by atoms with Crippen molar-refractivity contribution >= 4 is 11.6 Å². The lowest BCUT2D eigenvalue weighted by atomic mass is 9.76. The summed E-state index contributed by atoms with van der Waals surface area (Å²) in [7, 11) is 0. The van der Waals surface area contributed by atoms with Gasteiger partial charge in [0.1, 0.15) is 5.82 Å². The van der Waals surface area contributed by atoms with E-state index in [0.717, 1.165) is 42.7 Å². The van der Waals surface area contributed by atoms with Crippen LogP contribution in [0.1, 0.15) is 92.5 Å². The average molecular weight is 413 g/mol. The van der Waals surface area contributed by atoms with Gasteiger partial charge in [-0.05, 0) is 84.6 Å². The topological polar surface area (TPSA) is 0 Å². The van der Waals surface area contributed by atoms with Gasteiger partial charge in [-0.25, -0.2) is 13.2 Å². The predicted molar refractivity (Wildman–Crippen MR) is 118 cm³/mol. The van der Waals surface area contributed by atoms with Crippen molar-refractivity contribution in [3.8, 4) is 0 Å². The molecular weight excluding hydrogens is 381 g/mol. The maximum atomic E-state index is 15.1. The van der Waals surface area contributed by atoms with Crippen LogP contribution in [0, 0.1) is 23.4 Å². The second kappa shape index (κ2) is 8.99. The highest BCUT2D eigenvalue weighted by molar-refractivity contribution is 5.85. The van der Waals surface area contributed by atoms with E-state index >= 15 is 8.78 Å². The Bertz CT molecular complexity index is 949. The van der Waals surface area contributed by atoms with Gasteiger partial charge in [0.25, 0.3) is 0 Å². The van der Waals surface area contributed by atoms with Crippen molar-refractivity contribution in [1.29, 1.82) is 0 Å². The Hall–Kier alpha value is -2.03. The Kier molecular flexibility index (Phi) is 6.36. The fourth-order valence-electron chi connectivity index (χ4n) is 5.38. The molecule has 0 saturated heterocycles. The van der Waals surface area contributed by atoms with Crippen LogP contribution < -0.4 is 0 Å². The van der Waals surface area contributed by atoms with Crippen LogP contribution in [0.25, 0.3) is 11.6 Å². The van der Waals surface area contributed by atoms with Gasteiger partial charge in [0.2, 0.25) is 0 Å². The summed E-state index contributed by atoms with van der Waals surface area (Å²) in [6, 6.07) is 7.21. The number of halogens is 3. The average Bonchev–Trinajstić information content (AvgIpc) is 2.77.